The van der Waals surface area contributed by atoms with E-state index in [9.17, 15) is 18.0 Å². The maximum absolute atomic E-state index is 13.3. The van der Waals surface area contributed by atoms with Crippen LogP contribution >= 0.6 is 11.9 Å². The number of nitrogens with zero attached hydrogens (tertiary/aromatic N) is 1. The van der Waals surface area contributed by atoms with Crippen LogP contribution in [0, 0.1) is 11.7 Å². The molecule has 3 rings (SSSR count). The first-order chi connectivity index (χ1) is 13.3. The predicted molar refractivity (Wildman–Crippen MR) is 103 cm³/mol. The first kappa shape index (κ1) is 22.0. The van der Waals surface area contributed by atoms with Crippen LogP contribution in [0.5, 0.6) is 5.75 Å². The van der Waals surface area contributed by atoms with E-state index in [2.05, 4.69) is 10.3 Å². The number of nitrogens with two attached hydrogens (primary N) is 1. The van der Waals surface area contributed by atoms with Crippen LogP contribution in [0.25, 0.3) is 0 Å². The lowest BCUT2D eigenvalue weighted by Gasteiger charge is -2.27. The number of methoxy groups -OCH3 is 1. The Morgan fingerprint density at radius 2 is 2.14 bits per heavy atom. The number of hydrogen-bond donors (Lipinski definition) is 2. The lowest BCUT2D eigenvalue weighted by molar-refractivity contribution is -0.127. The van der Waals surface area contributed by atoms with Gasteiger partial charge in [0.05, 0.1) is 7.11 Å². The van der Waals surface area contributed by atoms with Crippen molar-refractivity contribution in [2.24, 2.45) is 11.1 Å². The molecule has 152 valence electrons. The SMILES string of the molecule is COc1cccc(F)c1.NSc1cc(NC(=O)C2CCCC(F)(F)C2)ccn1. The number of rotatable bonds is 4. The molecule has 1 aromatic carbocycles. The molecule has 1 aromatic heterocycles. The minimum absolute atomic E-state index is 0.125. The summed E-state index contributed by atoms with van der Waals surface area (Å²) in [5.74, 6) is -3.44. The molecule has 1 fully saturated rings. The fourth-order valence-electron chi connectivity index (χ4n) is 2.79. The standard InChI is InChI=1S/C12H15F2N3OS.C7H7FO/c13-12(14)4-1-2-8(7-12)11(18)17-9-3-5-16-10(6-9)19-15;1-9-7-4-2-3-6(8)5-7/h3,5-6,8H,1-2,4,7,15H2,(H,16,17,18);2-5H,1H3. The van der Waals surface area contributed by atoms with E-state index >= 15 is 0 Å². The molecule has 1 atom stereocenters. The molecule has 9 heteroatoms. The van der Waals surface area contributed by atoms with E-state index in [0.29, 0.717) is 29.3 Å². The van der Waals surface area contributed by atoms with Crippen LogP contribution in [-0.4, -0.2) is 23.9 Å². The van der Waals surface area contributed by atoms with E-state index in [1.165, 1.54) is 25.4 Å². The van der Waals surface area contributed by atoms with Gasteiger partial charge in [0.2, 0.25) is 11.8 Å². The lowest BCUT2D eigenvalue weighted by atomic mass is 9.86. The summed E-state index contributed by atoms with van der Waals surface area (Å²) in [6.45, 7) is 0. The highest BCUT2D eigenvalue weighted by Gasteiger charge is 2.39. The number of carbonyl (C=O) groups excluding carboxylic acids is 1. The molecular formula is C19H22F3N3O2S. The lowest BCUT2D eigenvalue weighted by Crippen LogP contribution is -2.33. The van der Waals surface area contributed by atoms with Crippen LogP contribution in [0.15, 0.2) is 47.6 Å². The number of alkyl halides is 2. The summed E-state index contributed by atoms with van der Waals surface area (Å²) in [7, 11) is 1.51. The Kier molecular flexibility index (Phi) is 8.13. The van der Waals surface area contributed by atoms with Crippen molar-refractivity contribution in [2.75, 3.05) is 12.4 Å². The Hall–Kier alpha value is -2.26. The van der Waals surface area contributed by atoms with Gasteiger partial charge in [0.15, 0.2) is 0 Å². The monoisotopic (exact) mass is 413 g/mol. The van der Waals surface area contributed by atoms with Crippen LogP contribution in [0.2, 0.25) is 0 Å². The summed E-state index contributed by atoms with van der Waals surface area (Å²) < 4.78 is 43.6. The largest absolute Gasteiger partial charge is 0.497 e. The number of benzene rings is 1. The van der Waals surface area contributed by atoms with Crippen LogP contribution < -0.4 is 15.2 Å². The number of nitrogens with one attached hydrogen (secondary N) is 1. The summed E-state index contributed by atoms with van der Waals surface area (Å²) in [5, 5.41) is 8.57. The maximum atomic E-state index is 13.3. The molecule has 0 spiro atoms. The van der Waals surface area contributed by atoms with Gasteiger partial charge in [-0.15, -0.1) is 0 Å². The number of halogens is 3. The average Bonchev–Trinajstić information content (AvgIpc) is 2.68. The zero-order chi connectivity index (χ0) is 20.6. The van der Waals surface area contributed by atoms with E-state index in [4.69, 9.17) is 9.88 Å². The zero-order valence-corrected chi connectivity index (χ0v) is 16.1. The van der Waals surface area contributed by atoms with Crippen molar-refractivity contribution in [2.45, 2.75) is 36.6 Å². The van der Waals surface area contributed by atoms with Gasteiger partial charge in [-0.05, 0) is 49.1 Å². The summed E-state index contributed by atoms with van der Waals surface area (Å²) in [6, 6.07) is 9.24. The Bertz CT molecular complexity index is 793. The quantitative estimate of drug-likeness (QED) is 0.714. The summed E-state index contributed by atoms with van der Waals surface area (Å²) in [5.41, 5.74) is 0.529. The highest BCUT2D eigenvalue weighted by Crippen LogP contribution is 2.37. The number of ether oxygens (including phenoxy) is 1. The van der Waals surface area contributed by atoms with Gasteiger partial charge < -0.3 is 10.1 Å². The molecule has 28 heavy (non-hydrogen) atoms. The first-order valence-corrected chi connectivity index (χ1v) is 9.52. The van der Waals surface area contributed by atoms with E-state index in [0.717, 1.165) is 11.9 Å². The van der Waals surface area contributed by atoms with Crippen molar-refractivity contribution in [1.29, 1.82) is 0 Å². The molecule has 3 N–H and O–H groups in total. The van der Waals surface area contributed by atoms with Gasteiger partial charge in [-0.25, -0.2) is 18.2 Å². The molecule has 1 amide bonds. The van der Waals surface area contributed by atoms with Gasteiger partial charge in [-0.2, -0.15) is 0 Å². The fourth-order valence-corrected chi connectivity index (χ4v) is 3.10. The number of amides is 1. The van der Waals surface area contributed by atoms with Gasteiger partial charge in [-0.3, -0.25) is 9.93 Å². The topological polar surface area (TPSA) is 77.2 Å². The normalized spacial score (nSPS) is 17.8. The van der Waals surface area contributed by atoms with Gasteiger partial charge in [0.25, 0.3) is 0 Å². The number of pyridine rings is 1. The molecule has 2 aromatic rings. The van der Waals surface area contributed by atoms with Gasteiger partial charge in [0.1, 0.15) is 16.6 Å². The van der Waals surface area contributed by atoms with Crippen LogP contribution in [-0.2, 0) is 4.79 Å². The zero-order valence-electron chi connectivity index (χ0n) is 15.3. The predicted octanol–water partition coefficient (Wildman–Crippen LogP) is 4.65. The first-order valence-electron chi connectivity index (χ1n) is 8.64. The average molecular weight is 413 g/mol. The molecule has 0 bridgehead atoms. The van der Waals surface area contributed by atoms with E-state index in [1.807, 2.05) is 0 Å². The third-order valence-electron chi connectivity index (χ3n) is 4.17. The van der Waals surface area contributed by atoms with Gasteiger partial charge >= 0.3 is 0 Å². The molecule has 0 aliphatic heterocycles. The highest BCUT2D eigenvalue weighted by molar-refractivity contribution is 7.97. The minimum atomic E-state index is -2.73. The number of aromatic nitrogens is 1. The second-order valence-corrected chi connectivity index (χ2v) is 6.95. The van der Waals surface area contributed by atoms with Crippen molar-refractivity contribution in [3.8, 4) is 5.75 Å². The van der Waals surface area contributed by atoms with E-state index in [-0.39, 0.29) is 24.6 Å². The van der Waals surface area contributed by atoms with Gasteiger partial charge in [-0.1, -0.05) is 6.07 Å². The summed E-state index contributed by atoms with van der Waals surface area (Å²) in [6.07, 6.45) is 1.90. The molecule has 1 unspecified atom stereocenters. The molecule has 1 heterocycles. The van der Waals surface area contributed by atoms with Crippen LogP contribution in [0.1, 0.15) is 25.7 Å². The molecule has 1 aliphatic carbocycles. The summed E-state index contributed by atoms with van der Waals surface area (Å²) in [4.78, 5) is 15.9. The third-order valence-corrected chi connectivity index (χ3v) is 4.63. The number of carbonyl (C=O) groups is 1. The Balaban J connectivity index is 0.000000261. The smallest absolute Gasteiger partial charge is 0.248 e. The third kappa shape index (κ3) is 7.05. The Morgan fingerprint density at radius 1 is 1.36 bits per heavy atom. The minimum Gasteiger partial charge on any atom is -0.497 e. The Labute approximate surface area is 166 Å². The summed E-state index contributed by atoms with van der Waals surface area (Å²) >= 11 is 0.963. The van der Waals surface area contributed by atoms with Crippen LogP contribution in [0.3, 0.4) is 0 Å². The highest BCUT2D eigenvalue weighted by atomic mass is 32.2. The van der Waals surface area contributed by atoms with Crippen molar-refractivity contribution < 1.29 is 22.7 Å². The van der Waals surface area contributed by atoms with Crippen LogP contribution in [0.4, 0.5) is 18.9 Å². The fraction of sp³-hybridized carbons (Fsp3) is 0.368. The molecule has 1 aliphatic rings. The Morgan fingerprint density at radius 3 is 2.75 bits per heavy atom. The van der Waals surface area contributed by atoms with Gasteiger partial charge in [0, 0.05) is 36.7 Å². The molecule has 0 radical (unpaired) electrons. The molecule has 5 nitrogen and oxygen atoms in total. The van der Waals surface area contributed by atoms with Crippen molar-refractivity contribution in [3.63, 3.8) is 0 Å². The molecule has 0 saturated heterocycles. The second kappa shape index (κ2) is 10.3. The van der Waals surface area contributed by atoms with Crippen molar-refractivity contribution in [3.05, 3.63) is 48.4 Å². The van der Waals surface area contributed by atoms with E-state index in [1.54, 1.807) is 24.3 Å². The number of anilines is 1. The van der Waals surface area contributed by atoms with E-state index < -0.39 is 11.8 Å². The second-order valence-electron chi connectivity index (χ2n) is 6.30. The maximum Gasteiger partial charge on any atom is 0.248 e. The molecular weight excluding hydrogens is 391 g/mol. The van der Waals surface area contributed by atoms with Crippen molar-refractivity contribution >= 4 is 23.5 Å². The molecule has 1 saturated carbocycles. The van der Waals surface area contributed by atoms with Crippen molar-refractivity contribution in [1.82, 2.24) is 4.98 Å². The number of hydrogen-bond acceptors (Lipinski definition) is 5.